The average molecular weight is 137 g/mol. The molecule has 0 saturated carbocycles. The fraction of sp³-hybridized carbons (Fsp3) is 0.857. The van der Waals surface area contributed by atoms with E-state index in [1.54, 1.807) is 0 Å². The van der Waals surface area contributed by atoms with E-state index < -0.39 is 0 Å². The minimum absolute atomic E-state index is 0.262. The molecule has 2 fully saturated rings. The standard InChI is InChI=1S/C7H11N3/c8-4-10-5-1-2-7(10)6(9)3-5/h5-7H,1-3,9H2/t5-,6?,7?/m0/s1. The summed E-state index contributed by atoms with van der Waals surface area (Å²) in [6.07, 6.45) is 5.53. The normalized spacial score (nSPS) is 44.0. The maximum atomic E-state index is 8.68. The maximum Gasteiger partial charge on any atom is 0.179 e. The number of nitriles is 1. The molecule has 2 heterocycles. The number of nitrogens with two attached hydrogens (primary N) is 1. The molecule has 10 heavy (non-hydrogen) atoms. The van der Waals surface area contributed by atoms with Gasteiger partial charge >= 0.3 is 0 Å². The predicted molar refractivity (Wildman–Crippen MR) is 36.9 cm³/mol. The Hall–Kier alpha value is -0.750. The lowest BCUT2D eigenvalue weighted by Crippen LogP contribution is -2.34. The number of fused-ring (bicyclic) bond motifs is 2. The van der Waals surface area contributed by atoms with Gasteiger partial charge in [0.15, 0.2) is 6.19 Å². The van der Waals surface area contributed by atoms with Crippen molar-refractivity contribution in [2.75, 3.05) is 0 Å². The minimum Gasteiger partial charge on any atom is -0.326 e. The highest BCUT2D eigenvalue weighted by Crippen LogP contribution is 2.35. The van der Waals surface area contributed by atoms with Crippen LogP contribution in [0.15, 0.2) is 0 Å². The van der Waals surface area contributed by atoms with Crippen LogP contribution in [0, 0.1) is 11.5 Å². The summed E-state index contributed by atoms with van der Waals surface area (Å²) in [7, 11) is 0. The number of nitrogens with zero attached hydrogens (tertiary/aromatic N) is 2. The molecule has 54 valence electrons. The molecule has 0 spiro atoms. The van der Waals surface area contributed by atoms with Gasteiger partial charge in [-0.2, -0.15) is 5.26 Å². The van der Waals surface area contributed by atoms with Crippen LogP contribution < -0.4 is 5.73 Å². The van der Waals surface area contributed by atoms with Crippen molar-refractivity contribution >= 4 is 0 Å². The fourth-order valence-corrected chi connectivity index (χ4v) is 2.19. The van der Waals surface area contributed by atoms with Crippen molar-refractivity contribution in [2.24, 2.45) is 5.73 Å². The SMILES string of the molecule is N#CN1C2CC[C@H]1CC2N. The summed E-state index contributed by atoms with van der Waals surface area (Å²) in [5.74, 6) is 0. The molecular formula is C7H11N3. The molecule has 0 aromatic carbocycles. The van der Waals surface area contributed by atoms with E-state index in [4.69, 9.17) is 11.0 Å². The Morgan fingerprint density at radius 1 is 1.50 bits per heavy atom. The monoisotopic (exact) mass is 137 g/mol. The molecule has 0 aromatic rings. The summed E-state index contributed by atoms with van der Waals surface area (Å²) in [5, 5.41) is 8.68. The highest BCUT2D eigenvalue weighted by Gasteiger charge is 2.44. The van der Waals surface area contributed by atoms with Crippen LogP contribution in [0.2, 0.25) is 0 Å². The second-order valence-electron chi connectivity index (χ2n) is 3.21. The van der Waals surface area contributed by atoms with Crippen LogP contribution in [0.4, 0.5) is 0 Å². The third-order valence-electron chi connectivity index (χ3n) is 2.70. The summed E-state index contributed by atoms with van der Waals surface area (Å²) >= 11 is 0. The number of rotatable bonds is 0. The molecule has 2 unspecified atom stereocenters. The first-order valence-electron chi connectivity index (χ1n) is 3.76. The maximum absolute atomic E-state index is 8.68. The summed E-state index contributed by atoms with van der Waals surface area (Å²) in [4.78, 5) is 1.88. The first-order chi connectivity index (χ1) is 4.83. The van der Waals surface area contributed by atoms with Crippen LogP contribution in [0.5, 0.6) is 0 Å². The molecule has 3 nitrogen and oxygen atoms in total. The lowest BCUT2D eigenvalue weighted by molar-refractivity contribution is 0.364. The molecule has 2 aliphatic heterocycles. The average Bonchev–Trinajstić information content (AvgIpc) is 2.42. The molecular weight excluding hydrogens is 126 g/mol. The Labute approximate surface area is 60.4 Å². The lowest BCUT2D eigenvalue weighted by atomic mass is 9.97. The zero-order valence-corrected chi connectivity index (χ0v) is 5.83. The van der Waals surface area contributed by atoms with E-state index in [1.807, 2.05) is 4.90 Å². The summed E-state index contributed by atoms with van der Waals surface area (Å²) in [6, 6.07) is 1.11. The number of hydrogen-bond acceptors (Lipinski definition) is 3. The summed E-state index contributed by atoms with van der Waals surface area (Å²) < 4.78 is 0. The predicted octanol–water partition coefficient (Wildman–Crippen LogP) is 0.0315. The van der Waals surface area contributed by atoms with E-state index >= 15 is 0 Å². The molecule has 3 atom stereocenters. The smallest absolute Gasteiger partial charge is 0.179 e. The number of hydrogen-bond donors (Lipinski definition) is 1. The van der Waals surface area contributed by atoms with Gasteiger partial charge in [0.05, 0.1) is 6.04 Å². The van der Waals surface area contributed by atoms with Crippen molar-refractivity contribution < 1.29 is 0 Å². The molecule has 2 bridgehead atoms. The molecule has 0 radical (unpaired) electrons. The van der Waals surface area contributed by atoms with Crippen molar-refractivity contribution in [1.29, 1.82) is 5.26 Å². The summed E-state index contributed by atoms with van der Waals surface area (Å²) in [5.41, 5.74) is 5.79. The molecule has 0 aliphatic carbocycles. The first kappa shape index (κ1) is 5.99. The largest absolute Gasteiger partial charge is 0.326 e. The van der Waals surface area contributed by atoms with Gasteiger partial charge in [0, 0.05) is 12.1 Å². The Morgan fingerprint density at radius 3 is 2.60 bits per heavy atom. The van der Waals surface area contributed by atoms with Crippen LogP contribution >= 0.6 is 0 Å². The highest BCUT2D eigenvalue weighted by atomic mass is 15.2. The van der Waals surface area contributed by atoms with E-state index in [0.29, 0.717) is 12.1 Å². The van der Waals surface area contributed by atoms with Crippen molar-refractivity contribution in [3.8, 4) is 6.19 Å². The van der Waals surface area contributed by atoms with Gasteiger partial charge in [0.1, 0.15) is 0 Å². The van der Waals surface area contributed by atoms with Crippen molar-refractivity contribution in [3.05, 3.63) is 0 Å². The van der Waals surface area contributed by atoms with E-state index in [2.05, 4.69) is 6.19 Å². The van der Waals surface area contributed by atoms with Crippen LogP contribution in [-0.2, 0) is 0 Å². The van der Waals surface area contributed by atoms with Gasteiger partial charge in [0.25, 0.3) is 0 Å². The van der Waals surface area contributed by atoms with Crippen LogP contribution in [-0.4, -0.2) is 23.0 Å². The van der Waals surface area contributed by atoms with Crippen molar-refractivity contribution in [2.45, 2.75) is 37.4 Å². The fourth-order valence-electron chi connectivity index (χ4n) is 2.19. The first-order valence-corrected chi connectivity index (χ1v) is 3.76. The topological polar surface area (TPSA) is 53.0 Å². The second kappa shape index (κ2) is 1.86. The Bertz CT molecular complexity index is 184. The van der Waals surface area contributed by atoms with Gasteiger partial charge in [-0.3, -0.25) is 0 Å². The quantitative estimate of drug-likeness (QED) is 0.479. The van der Waals surface area contributed by atoms with Crippen molar-refractivity contribution in [1.82, 2.24) is 4.90 Å². The third kappa shape index (κ3) is 0.572. The molecule has 3 heteroatoms. The van der Waals surface area contributed by atoms with E-state index in [0.717, 1.165) is 12.8 Å². The zero-order chi connectivity index (χ0) is 7.14. The van der Waals surface area contributed by atoms with Gasteiger partial charge < -0.3 is 10.6 Å². The molecule has 2 saturated heterocycles. The minimum atomic E-state index is 0.262. The van der Waals surface area contributed by atoms with Crippen molar-refractivity contribution in [3.63, 3.8) is 0 Å². The molecule has 0 aromatic heterocycles. The van der Waals surface area contributed by atoms with E-state index in [1.165, 1.54) is 6.42 Å². The zero-order valence-electron chi connectivity index (χ0n) is 5.83. The van der Waals surface area contributed by atoms with Gasteiger partial charge in [-0.1, -0.05) is 0 Å². The Morgan fingerprint density at radius 2 is 2.30 bits per heavy atom. The second-order valence-corrected chi connectivity index (χ2v) is 3.21. The van der Waals surface area contributed by atoms with Gasteiger partial charge in [0.2, 0.25) is 0 Å². The highest BCUT2D eigenvalue weighted by molar-refractivity contribution is 5.06. The third-order valence-corrected chi connectivity index (χ3v) is 2.70. The van der Waals surface area contributed by atoms with Gasteiger partial charge in [-0.15, -0.1) is 0 Å². The summed E-state index contributed by atoms with van der Waals surface area (Å²) in [6.45, 7) is 0. The molecule has 2 rings (SSSR count). The Balaban J connectivity index is 2.20. The van der Waals surface area contributed by atoms with Gasteiger partial charge in [-0.05, 0) is 19.3 Å². The van der Waals surface area contributed by atoms with E-state index in [-0.39, 0.29) is 6.04 Å². The lowest BCUT2D eigenvalue weighted by Gasteiger charge is -2.15. The van der Waals surface area contributed by atoms with Crippen LogP contribution in [0.3, 0.4) is 0 Å². The molecule has 0 amide bonds. The Kier molecular flexibility index (Phi) is 1.12. The van der Waals surface area contributed by atoms with Crippen LogP contribution in [0.1, 0.15) is 19.3 Å². The van der Waals surface area contributed by atoms with Gasteiger partial charge in [-0.25, -0.2) is 0 Å². The van der Waals surface area contributed by atoms with Crippen LogP contribution in [0.25, 0.3) is 0 Å². The van der Waals surface area contributed by atoms with E-state index in [9.17, 15) is 0 Å². The molecule has 2 N–H and O–H groups in total. The molecule has 2 aliphatic rings.